The predicted molar refractivity (Wildman–Crippen MR) is 180 cm³/mol. The molecule has 2 saturated heterocycles. The van der Waals surface area contributed by atoms with E-state index in [9.17, 15) is 10.2 Å². The standard InChI is InChI=1S/C38H60N2O4/c1-3-27-43-35-19-15-31(16-20-35)37(41)33(29-39-23-9-5-6-10-24-39)13-14-34(30-40-25-11-7-8-12-26-40)38(42)32-17-21-36(22-18-32)44-28-4-2/h15-22,33-34,37-38,41-42H,3-14,23-30H2,1-2H3/t33-,34+,37-,38-/m0/s1. The van der Waals surface area contributed by atoms with E-state index >= 15 is 0 Å². The van der Waals surface area contributed by atoms with Crippen LogP contribution >= 0.6 is 0 Å². The third kappa shape index (κ3) is 11.3. The molecule has 0 amide bonds. The minimum atomic E-state index is -0.551. The average molecular weight is 609 g/mol. The lowest BCUT2D eigenvalue weighted by atomic mass is 9.84. The highest BCUT2D eigenvalue weighted by Crippen LogP contribution is 2.34. The normalized spacial score (nSPS) is 19.8. The summed E-state index contributed by atoms with van der Waals surface area (Å²) in [4.78, 5) is 5.16. The first-order chi connectivity index (χ1) is 21.6. The first-order valence-electron chi connectivity index (χ1n) is 17.8. The van der Waals surface area contributed by atoms with Gasteiger partial charge >= 0.3 is 0 Å². The molecular weight excluding hydrogens is 548 g/mol. The Kier molecular flexibility index (Phi) is 15.3. The molecule has 4 rings (SSSR count). The molecule has 0 saturated carbocycles. The highest BCUT2D eigenvalue weighted by atomic mass is 16.5. The Hall–Kier alpha value is -2.12. The van der Waals surface area contributed by atoms with Crippen molar-refractivity contribution in [3.8, 4) is 11.5 Å². The second kappa shape index (κ2) is 19.4. The van der Waals surface area contributed by atoms with Gasteiger partial charge in [0, 0.05) is 24.9 Å². The van der Waals surface area contributed by atoms with Crippen LogP contribution in [-0.2, 0) is 0 Å². The molecule has 0 bridgehead atoms. The highest BCUT2D eigenvalue weighted by molar-refractivity contribution is 5.30. The third-order valence-electron chi connectivity index (χ3n) is 9.57. The van der Waals surface area contributed by atoms with Gasteiger partial charge < -0.3 is 29.5 Å². The summed E-state index contributed by atoms with van der Waals surface area (Å²) in [5.74, 6) is 1.91. The number of nitrogens with zero attached hydrogens (tertiary/aromatic N) is 2. The Morgan fingerprint density at radius 1 is 0.545 bits per heavy atom. The van der Waals surface area contributed by atoms with Crippen LogP contribution in [0.25, 0.3) is 0 Å². The number of benzene rings is 2. The molecular formula is C38H60N2O4. The average Bonchev–Trinajstić information content (AvgIpc) is 3.49. The fourth-order valence-electron chi connectivity index (χ4n) is 6.93. The van der Waals surface area contributed by atoms with Crippen molar-refractivity contribution in [1.29, 1.82) is 0 Å². The van der Waals surface area contributed by atoms with Gasteiger partial charge in [0.2, 0.25) is 0 Å². The van der Waals surface area contributed by atoms with E-state index in [0.717, 1.165) is 87.6 Å². The number of hydrogen-bond acceptors (Lipinski definition) is 6. The molecule has 0 unspecified atom stereocenters. The Balaban J connectivity index is 1.51. The Labute approximate surface area is 267 Å². The second-order valence-corrected chi connectivity index (χ2v) is 13.3. The molecule has 0 aromatic heterocycles. The van der Waals surface area contributed by atoms with Gasteiger partial charge in [0.05, 0.1) is 25.4 Å². The van der Waals surface area contributed by atoms with Crippen LogP contribution in [0.1, 0.15) is 114 Å². The molecule has 2 aromatic carbocycles. The largest absolute Gasteiger partial charge is 0.494 e. The van der Waals surface area contributed by atoms with Crippen molar-refractivity contribution in [2.75, 3.05) is 52.5 Å². The number of rotatable bonds is 17. The molecule has 44 heavy (non-hydrogen) atoms. The molecule has 2 heterocycles. The van der Waals surface area contributed by atoms with E-state index in [-0.39, 0.29) is 11.8 Å². The van der Waals surface area contributed by atoms with Gasteiger partial charge in [-0.1, -0.05) is 63.8 Å². The summed E-state index contributed by atoms with van der Waals surface area (Å²) >= 11 is 0. The van der Waals surface area contributed by atoms with Crippen LogP contribution in [0.15, 0.2) is 48.5 Å². The Morgan fingerprint density at radius 3 is 1.20 bits per heavy atom. The molecule has 0 spiro atoms. The molecule has 2 fully saturated rings. The molecule has 246 valence electrons. The first kappa shape index (κ1) is 34.7. The lowest BCUT2D eigenvalue weighted by Crippen LogP contribution is -2.36. The summed E-state index contributed by atoms with van der Waals surface area (Å²) in [7, 11) is 0. The van der Waals surface area contributed by atoms with Gasteiger partial charge in [0.25, 0.3) is 0 Å². The fourth-order valence-corrected chi connectivity index (χ4v) is 6.93. The van der Waals surface area contributed by atoms with Gasteiger partial charge in [-0.25, -0.2) is 0 Å². The van der Waals surface area contributed by atoms with Crippen LogP contribution in [0.5, 0.6) is 11.5 Å². The van der Waals surface area contributed by atoms with Crippen LogP contribution in [0.2, 0.25) is 0 Å². The van der Waals surface area contributed by atoms with Crippen LogP contribution in [0, 0.1) is 11.8 Å². The van der Waals surface area contributed by atoms with Gasteiger partial charge in [-0.15, -0.1) is 0 Å². The second-order valence-electron chi connectivity index (χ2n) is 13.3. The lowest BCUT2D eigenvalue weighted by molar-refractivity contribution is 0.0449. The van der Waals surface area contributed by atoms with Crippen molar-refractivity contribution >= 4 is 0 Å². The van der Waals surface area contributed by atoms with Crippen molar-refractivity contribution in [3.63, 3.8) is 0 Å². The highest BCUT2D eigenvalue weighted by Gasteiger charge is 2.29. The van der Waals surface area contributed by atoms with E-state index in [1.807, 2.05) is 48.5 Å². The maximum atomic E-state index is 11.8. The molecule has 0 radical (unpaired) electrons. The molecule has 2 N–H and O–H groups in total. The lowest BCUT2D eigenvalue weighted by Gasteiger charge is -2.34. The number of ether oxygens (including phenoxy) is 2. The zero-order valence-electron chi connectivity index (χ0n) is 27.7. The fraction of sp³-hybridized carbons (Fsp3) is 0.684. The Bertz CT molecular complexity index is 931. The van der Waals surface area contributed by atoms with Gasteiger partial charge in [-0.3, -0.25) is 0 Å². The SMILES string of the molecule is CCCOc1ccc([C@H](O)[C@H](CC[C@@H](CN2CCCCCC2)[C@@H](O)c2ccc(OCCC)cc2)CN2CCCCCC2)cc1. The van der Waals surface area contributed by atoms with Gasteiger partial charge in [-0.2, -0.15) is 0 Å². The summed E-state index contributed by atoms with van der Waals surface area (Å²) in [5, 5.41) is 23.6. The van der Waals surface area contributed by atoms with E-state index in [1.54, 1.807) is 0 Å². The molecule has 0 aliphatic carbocycles. The minimum Gasteiger partial charge on any atom is -0.494 e. The summed E-state index contributed by atoms with van der Waals surface area (Å²) < 4.78 is 11.6. The molecule has 2 aromatic rings. The predicted octanol–water partition coefficient (Wildman–Crippen LogP) is 7.80. The van der Waals surface area contributed by atoms with Crippen LogP contribution < -0.4 is 9.47 Å². The first-order valence-corrected chi connectivity index (χ1v) is 17.8. The van der Waals surface area contributed by atoms with Crippen molar-refractivity contribution in [3.05, 3.63) is 59.7 Å². The number of aliphatic hydroxyl groups is 2. The monoisotopic (exact) mass is 608 g/mol. The van der Waals surface area contributed by atoms with Gasteiger partial charge in [0.1, 0.15) is 11.5 Å². The number of hydrogen-bond donors (Lipinski definition) is 2. The maximum absolute atomic E-state index is 11.8. The molecule has 4 atom stereocenters. The Morgan fingerprint density at radius 2 is 0.886 bits per heavy atom. The zero-order chi connectivity index (χ0) is 31.0. The topological polar surface area (TPSA) is 65.4 Å². The van der Waals surface area contributed by atoms with E-state index < -0.39 is 12.2 Å². The summed E-state index contributed by atoms with van der Waals surface area (Å²) in [6.45, 7) is 11.9. The molecule has 6 nitrogen and oxygen atoms in total. The maximum Gasteiger partial charge on any atom is 0.119 e. The van der Waals surface area contributed by atoms with Crippen molar-refractivity contribution in [1.82, 2.24) is 9.80 Å². The van der Waals surface area contributed by atoms with Crippen LogP contribution in [0.3, 0.4) is 0 Å². The number of likely N-dealkylation sites (tertiary alicyclic amines) is 2. The van der Waals surface area contributed by atoms with Crippen LogP contribution in [0.4, 0.5) is 0 Å². The van der Waals surface area contributed by atoms with Gasteiger partial charge in [0.15, 0.2) is 0 Å². The third-order valence-corrected chi connectivity index (χ3v) is 9.57. The minimum absolute atomic E-state index is 0.0964. The quantitative estimate of drug-likeness (QED) is 0.191. The van der Waals surface area contributed by atoms with Crippen LogP contribution in [-0.4, -0.2) is 72.5 Å². The van der Waals surface area contributed by atoms with Crippen molar-refractivity contribution in [2.45, 2.75) is 103 Å². The van der Waals surface area contributed by atoms with Crippen molar-refractivity contribution in [2.24, 2.45) is 11.8 Å². The van der Waals surface area contributed by atoms with E-state index in [1.165, 1.54) is 51.4 Å². The van der Waals surface area contributed by atoms with E-state index in [2.05, 4.69) is 23.6 Å². The van der Waals surface area contributed by atoms with Gasteiger partial charge in [-0.05, 0) is 113 Å². The molecule has 6 heteroatoms. The smallest absolute Gasteiger partial charge is 0.119 e. The van der Waals surface area contributed by atoms with Crippen molar-refractivity contribution < 1.29 is 19.7 Å². The van der Waals surface area contributed by atoms with E-state index in [4.69, 9.17) is 9.47 Å². The molecule has 2 aliphatic heterocycles. The molecule has 2 aliphatic rings. The van der Waals surface area contributed by atoms with E-state index in [0.29, 0.717) is 13.2 Å². The zero-order valence-corrected chi connectivity index (χ0v) is 27.7. The number of aliphatic hydroxyl groups excluding tert-OH is 2. The summed E-state index contributed by atoms with van der Waals surface area (Å²) in [6, 6.07) is 16.1. The summed E-state index contributed by atoms with van der Waals surface area (Å²) in [6.07, 6.45) is 12.7. The summed E-state index contributed by atoms with van der Waals surface area (Å²) in [5.41, 5.74) is 1.92.